The number of thiophene rings is 1. The number of esters is 1. The summed E-state index contributed by atoms with van der Waals surface area (Å²) in [5.41, 5.74) is 1.82. The van der Waals surface area contributed by atoms with Crippen molar-refractivity contribution >= 4 is 17.3 Å². The van der Waals surface area contributed by atoms with Gasteiger partial charge in [0, 0.05) is 22.4 Å². The van der Waals surface area contributed by atoms with Crippen molar-refractivity contribution in [1.29, 1.82) is 0 Å². The van der Waals surface area contributed by atoms with E-state index in [0.29, 0.717) is 12.6 Å². The van der Waals surface area contributed by atoms with Crippen LogP contribution in [0.4, 0.5) is 0 Å². The molecule has 1 aromatic rings. The van der Waals surface area contributed by atoms with Crippen LogP contribution < -0.4 is 0 Å². The van der Waals surface area contributed by atoms with E-state index >= 15 is 0 Å². The number of carbonyl (C=O) groups is 1. The molecule has 1 saturated heterocycles. The highest BCUT2D eigenvalue weighted by Gasteiger charge is 2.59. The lowest BCUT2D eigenvalue weighted by atomic mass is 9.50. The second kappa shape index (κ2) is 5.59. The smallest absolute Gasteiger partial charge is 0.310 e. The second-order valence-corrected chi connectivity index (χ2v) is 9.01. The molecule has 0 radical (unpaired) electrons. The number of rotatable bonds is 3. The monoisotopic (exact) mass is 335 g/mol. The van der Waals surface area contributed by atoms with Gasteiger partial charge in [-0.25, -0.2) is 0 Å². The predicted molar refractivity (Wildman–Crippen MR) is 94.9 cm³/mol. The molecule has 1 fully saturated rings. The SMILES string of the molecule is CCOC(=O)C(C)[C@@H]1C[C@@]2(C)c3ccsc3CC(N1C)C2(C)C. The van der Waals surface area contributed by atoms with Gasteiger partial charge in [-0.2, -0.15) is 0 Å². The minimum absolute atomic E-state index is 0.0590. The van der Waals surface area contributed by atoms with Crippen molar-refractivity contribution in [3.63, 3.8) is 0 Å². The first kappa shape index (κ1) is 17.0. The highest BCUT2D eigenvalue weighted by Crippen LogP contribution is 2.58. The lowest BCUT2D eigenvalue weighted by molar-refractivity contribution is -0.154. The van der Waals surface area contributed by atoms with Gasteiger partial charge in [0.2, 0.25) is 0 Å². The molecule has 2 aliphatic rings. The van der Waals surface area contributed by atoms with Crippen LogP contribution in [0.25, 0.3) is 0 Å². The molecule has 0 aromatic carbocycles. The highest BCUT2D eigenvalue weighted by atomic mass is 32.1. The number of nitrogens with zero attached hydrogens (tertiary/aromatic N) is 1. The van der Waals surface area contributed by atoms with Crippen molar-refractivity contribution in [2.24, 2.45) is 11.3 Å². The van der Waals surface area contributed by atoms with E-state index in [1.54, 1.807) is 0 Å². The third-order valence-corrected chi connectivity index (χ3v) is 7.78. The number of likely N-dealkylation sites (N-methyl/N-ethyl adjacent to an activating group) is 1. The van der Waals surface area contributed by atoms with E-state index in [2.05, 4.69) is 44.2 Å². The van der Waals surface area contributed by atoms with Gasteiger partial charge in [0.1, 0.15) is 0 Å². The van der Waals surface area contributed by atoms with Gasteiger partial charge in [-0.05, 0) is 49.2 Å². The first-order chi connectivity index (χ1) is 10.7. The first-order valence-corrected chi connectivity index (χ1v) is 9.57. The van der Waals surface area contributed by atoms with E-state index in [1.807, 2.05) is 25.2 Å². The third-order valence-electron chi connectivity index (χ3n) is 6.84. The molecule has 1 aliphatic carbocycles. The van der Waals surface area contributed by atoms with Gasteiger partial charge >= 0.3 is 5.97 Å². The quantitative estimate of drug-likeness (QED) is 0.786. The summed E-state index contributed by atoms with van der Waals surface area (Å²) in [5, 5.41) is 2.23. The van der Waals surface area contributed by atoms with E-state index < -0.39 is 0 Å². The Morgan fingerprint density at radius 3 is 2.83 bits per heavy atom. The maximum atomic E-state index is 12.3. The van der Waals surface area contributed by atoms with Gasteiger partial charge in [-0.15, -0.1) is 11.3 Å². The number of fused-ring (bicyclic) bond motifs is 4. The average Bonchev–Trinajstić information content (AvgIpc) is 2.95. The van der Waals surface area contributed by atoms with Crippen molar-refractivity contribution in [3.05, 3.63) is 21.9 Å². The van der Waals surface area contributed by atoms with E-state index in [0.717, 1.165) is 12.8 Å². The molecular formula is C19H29NO2S. The Morgan fingerprint density at radius 2 is 2.17 bits per heavy atom. The Labute approximate surface area is 144 Å². The van der Waals surface area contributed by atoms with Gasteiger partial charge in [0.25, 0.3) is 0 Å². The number of likely N-dealkylation sites (tertiary alicyclic amines) is 1. The minimum Gasteiger partial charge on any atom is -0.466 e. The Morgan fingerprint density at radius 1 is 1.48 bits per heavy atom. The van der Waals surface area contributed by atoms with Crippen LogP contribution in [0.3, 0.4) is 0 Å². The normalized spacial score (nSPS) is 33.8. The number of hydrogen-bond donors (Lipinski definition) is 0. The average molecular weight is 336 g/mol. The maximum absolute atomic E-state index is 12.3. The van der Waals surface area contributed by atoms with E-state index in [4.69, 9.17) is 4.74 Å². The molecule has 2 bridgehead atoms. The molecule has 1 aliphatic heterocycles. The van der Waals surface area contributed by atoms with E-state index in [-0.39, 0.29) is 28.8 Å². The highest BCUT2D eigenvalue weighted by molar-refractivity contribution is 7.10. The van der Waals surface area contributed by atoms with Gasteiger partial charge in [-0.3, -0.25) is 9.69 Å². The lowest BCUT2D eigenvalue weighted by Crippen LogP contribution is -2.67. The Kier molecular flexibility index (Phi) is 4.13. The summed E-state index contributed by atoms with van der Waals surface area (Å²) in [6.07, 6.45) is 2.11. The molecule has 0 saturated carbocycles. The summed E-state index contributed by atoms with van der Waals surface area (Å²) in [6.45, 7) is 11.6. The molecule has 128 valence electrons. The van der Waals surface area contributed by atoms with Crippen molar-refractivity contribution < 1.29 is 9.53 Å². The third kappa shape index (κ3) is 2.29. The molecule has 2 unspecified atom stereocenters. The lowest BCUT2D eigenvalue weighted by Gasteiger charge is -2.62. The minimum atomic E-state index is -0.0851. The molecule has 0 N–H and O–H groups in total. The Bertz CT molecular complexity index is 608. The van der Waals surface area contributed by atoms with Gasteiger partial charge in [0.05, 0.1) is 12.5 Å². The summed E-state index contributed by atoms with van der Waals surface area (Å²) < 4.78 is 5.30. The molecule has 2 heterocycles. The van der Waals surface area contributed by atoms with Crippen molar-refractivity contribution in [1.82, 2.24) is 4.90 Å². The first-order valence-electron chi connectivity index (χ1n) is 8.69. The fraction of sp³-hybridized carbons (Fsp3) is 0.737. The van der Waals surface area contributed by atoms with Crippen LogP contribution >= 0.6 is 11.3 Å². The fourth-order valence-electron chi connectivity index (χ4n) is 4.92. The van der Waals surface area contributed by atoms with Crippen molar-refractivity contribution in [2.75, 3.05) is 13.7 Å². The summed E-state index contributed by atoms with van der Waals surface area (Å²) >= 11 is 1.89. The molecule has 0 amide bonds. The van der Waals surface area contributed by atoms with Gasteiger partial charge < -0.3 is 4.74 Å². The van der Waals surface area contributed by atoms with Gasteiger partial charge in [0.15, 0.2) is 0 Å². The zero-order valence-corrected chi connectivity index (χ0v) is 16.0. The Balaban J connectivity index is 2.00. The van der Waals surface area contributed by atoms with Crippen molar-refractivity contribution in [2.45, 2.75) is 65.0 Å². The Hall–Kier alpha value is -0.870. The molecule has 23 heavy (non-hydrogen) atoms. The summed E-state index contributed by atoms with van der Waals surface area (Å²) in [6, 6.07) is 3.02. The number of ether oxygens (including phenoxy) is 1. The zero-order valence-electron chi connectivity index (χ0n) is 15.2. The molecule has 3 nitrogen and oxygen atoms in total. The number of piperidine rings is 1. The zero-order chi connectivity index (χ0) is 17.0. The van der Waals surface area contributed by atoms with Crippen LogP contribution in [0.1, 0.15) is 51.5 Å². The molecule has 0 spiro atoms. The molecular weight excluding hydrogens is 306 g/mol. The summed E-state index contributed by atoms with van der Waals surface area (Å²) in [5.74, 6) is -0.144. The fourth-order valence-corrected chi connectivity index (χ4v) is 5.96. The standard InChI is InChI=1S/C19H29NO2S/c1-7-22-17(21)12(2)14-11-19(5)13-8-9-23-15(13)10-16(20(14)6)18(19,3)4/h8-9,12,14,16H,7,10-11H2,1-6H3/t12?,14-,16?,19-/m0/s1. The van der Waals surface area contributed by atoms with E-state index in [1.165, 1.54) is 10.4 Å². The van der Waals surface area contributed by atoms with Crippen LogP contribution in [0, 0.1) is 11.3 Å². The molecule has 4 atom stereocenters. The number of hydrogen-bond acceptors (Lipinski definition) is 4. The van der Waals surface area contributed by atoms with Crippen molar-refractivity contribution in [3.8, 4) is 0 Å². The molecule has 4 heteroatoms. The van der Waals surface area contributed by atoms with Gasteiger partial charge in [-0.1, -0.05) is 27.7 Å². The van der Waals surface area contributed by atoms with E-state index in [9.17, 15) is 4.79 Å². The van der Waals surface area contributed by atoms with Crippen LogP contribution in [0.2, 0.25) is 0 Å². The maximum Gasteiger partial charge on any atom is 0.310 e. The van der Waals surface area contributed by atoms with Crippen LogP contribution in [-0.2, 0) is 21.4 Å². The summed E-state index contributed by atoms with van der Waals surface area (Å²) in [7, 11) is 2.20. The van der Waals surface area contributed by atoms with Crippen LogP contribution in [0.5, 0.6) is 0 Å². The second-order valence-electron chi connectivity index (χ2n) is 8.01. The number of carbonyl (C=O) groups excluding carboxylic acids is 1. The molecule has 1 aromatic heterocycles. The largest absolute Gasteiger partial charge is 0.466 e. The summed E-state index contributed by atoms with van der Waals surface area (Å²) in [4.78, 5) is 16.3. The molecule has 3 rings (SSSR count). The topological polar surface area (TPSA) is 29.5 Å². The van der Waals surface area contributed by atoms with Crippen LogP contribution in [-0.4, -0.2) is 36.6 Å². The van der Waals surface area contributed by atoms with Crippen LogP contribution in [0.15, 0.2) is 11.4 Å². The predicted octanol–water partition coefficient (Wildman–Crippen LogP) is 3.86.